The van der Waals surface area contributed by atoms with Gasteiger partial charge in [-0.05, 0) is 55.1 Å². The van der Waals surface area contributed by atoms with Crippen molar-refractivity contribution in [2.24, 2.45) is 4.99 Å². The van der Waals surface area contributed by atoms with E-state index >= 15 is 0 Å². The zero-order chi connectivity index (χ0) is 23.6. The number of carbonyl (C=O) groups is 1. The number of aryl methyl sites for hydroxylation is 1. The number of amidine groups is 1. The lowest BCUT2D eigenvalue weighted by Crippen LogP contribution is -2.29. The van der Waals surface area contributed by atoms with Gasteiger partial charge >= 0.3 is 6.18 Å². The number of hydrogen-bond acceptors (Lipinski definition) is 4. The van der Waals surface area contributed by atoms with Crippen molar-refractivity contribution in [2.45, 2.75) is 13.1 Å². The zero-order valence-corrected chi connectivity index (χ0v) is 18.4. The summed E-state index contributed by atoms with van der Waals surface area (Å²) in [6.07, 6.45) is -1.26. The largest absolute Gasteiger partial charge is 0.457 e. The van der Waals surface area contributed by atoms with E-state index in [1.54, 1.807) is 30.4 Å². The molecule has 0 bridgehead atoms. The Morgan fingerprint density at radius 3 is 2.58 bits per heavy atom. The summed E-state index contributed by atoms with van der Waals surface area (Å²) in [5.41, 5.74) is 1.37. The van der Waals surface area contributed by atoms with Crippen LogP contribution in [-0.2, 0) is 11.0 Å². The van der Waals surface area contributed by atoms with Crippen molar-refractivity contribution >= 4 is 34.6 Å². The second-order valence-electron chi connectivity index (χ2n) is 7.33. The highest BCUT2D eigenvalue weighted by Crippen LogP contribution is 2.36. The average Bonchev–Trinajstić information content (AvgIpc) is 3.36. The molecule has 0 saturated carbocycles. The van der Waals surface area contributed by atoms with E-state index in [4.69, 9.17) is 4.42 Å². The van der Waals surface area contributed by atoms with E-state index in [9.17, 15) is 18.0 Å². The smallest absolute Gasteiger partial charge is 0.416 e. The summed E-state index contributed by atoms with van der Waals surface area (Å²) in [6, 6.07) is 15.7. The van der Waals surface area contributed by atoms with Gasteiger partial charge in [0.05, 0.1) is 16.2 Å². The molecule has 2 aromatic carbocycles. The first-order chi connectivity index (χ1) is 15.7. The standard InChI is InChI=1S/C25H19F3N2O2S/c1-3-13-30-23(31)22(33-24(30)29-19-9-7-16(2)8-10-19)15-20-11-12-21(32-20)17-5-4-6-18(14-17)25(26,27)28/h3-12,14-15H,1,13H2,2H3/b22-15-,29-24?. The first-order valence-electron chi connectivity index (χ1n) is 10.00. The van der Waals surface area contributed by atoms with Crippen molar-refractivity contribution in [3.8, 4) is 11.3 Å². The molecule has 3 aromatic rings. The fourth-order valence-corrected chi connectivity index (χ4v) is 4.16. The van der Waals surface area contributed by atoms with Crippen molar-refractivity contribution in [1.29, 1.82) is 0 Å². The number of amides is 1. The van der Waals surface area contributed by atoms with Crippen LogP contribution in [0, 0.1) is 6.92 Å². The number of carbonyl (C=O) groups excluding carboxylic acids is 1. The highest BCUT2D eigenvalue weighted by atomic mass is 32.2. The minimum Gasteiger partial charge on any atom is -0.457 e. The van der Waals surface area contributed by atoms with Crippen LogP contribution in [0.15, 0.2) is 87.6 Å². The van der Waals surface area contributed by atoms with Crippen LogP contribution in [0.3, 0.4) is 0 Å². The summed E-state index contributed by atoms with van der Waals surface area (Å²) in [7, 11) is 0. The number of halogens is 3. The van der Waals surface area contributed by atoms with Crippen LogP contribution in [0.4, 0.5) is 18.9 Å². The molecule has 0 atom stereocenters. The molecular weight excluding hydrogens is 449 g/mol. The topological polar surface area (TPSA) is 45.8 Å². The normalized spacial score (nSPS) is 16.7. The van der Waals surface area contributed by atoms with Crippen LogP contribution in [0.1, 0.15) is 16.9 Å². The van der Waals surface area contributed by atoms with Gasteiger partial charge in [-0.25, -0.2) is 4.99 Å². The summed E-state index contributed by atoms with van der Waals surface area (Å²) in [5, 5.41) is 0.514. The Balaban J connectivity index is 1.62. The lowest BCUT2D eigenvalue weighted by molar-refractivity contribution is -0.137. The highest BCUT2D eigenvalue weighted by molar-refractivity contribution is 8.18. The van der Waals surface area contributed by atoms with Gasteiger partial charge in [0, 0.05) is 18.2 Å². The molecular formula is C25H19F3N2O2S. The lowest BCUT2D eigenvalue weighted by atomic mass is 10.1. The molecule has 0 radical (unpaired) electrons. The third kappa shape index (κ3) is 5.12. The van der Waals surface area contributed by atoms with Crippen LogP contribution in [0.5, 0.6) is 0 Å². The maximum Gasteiger partial charge on any atom is 0.416 e. The maximum absolute atomic E-state index is 13.0. The van der Waals surface area contributed by atoms with E-state index < -0.39 is 11.7 Å². The predicted molar refractivity (Wildman–Crippen MR) is 125 cm³/mol. The predicted octanol–water partition coefficient (Wildman–Crippen LogP) is 7.06. The van der Waals surface area contributed by atoms with Crippen molar-refractivity contribution in [2.75, 3.05) is 6.54 Å². The lowest BCUT2D eigenvalue weighted by Gasteiger charge is -2.12. The van der Waals surface area contributed by atoms with E-state index in [0.717, 1.165) is 23.4 Å². The number of thioether (sulfide) groups is 1. The van der Waals surface area contributed by atoms with Gasteiger partial charge in [0.2, 0.25) is 0 Å². The Morgan fingerprint density at radius 2 is 1.88 bits per heavy atom. The molecule has 168 valence electrons. The zero-order valence-electron chi connectivity index (χ0n) is 17.6. The highest BCUT2D eigenvalue weighted by Gasteiger charge is 2.33. The fourth-order valence-electron chi connectivity index (χ4n) is 3.17. The fraction of sp³-hybridized carbons (Fsp3) is 0.120. The number of benzene rings is 2. The van der Waals surface area contributed by atoms with Gasteiger partial charge in [0.1, 0.15) is 11.5 Å². The van der Waals surface area contributed by atoms with E-state index in [0.29, 0.717) is 27.9 Å². The van der Waals surface area contributed by atoms with E-state index in [-0.39, 0.29) is 11.7 Å². The molecule has 4 nitrogen and oxygen atoms in total. The van der Waals surface area contributed by atoms with Crippen LogP contribution >= 0.6 is 11.8 Å². The van der Waals surface area contributed by atoms with Crippen LogP contribution < -0.4 is 0 Å². The molecule has 1 aliphatic heterocycles. The minimum atomic E-state index is -4.44. The summed E-state index contributed by atoms with van der Waals surface area (Å²) in [5.74, 6) is 0.385. The maximum atomic E-state index is 13.0. The number of furan rings is 1. The van der Waals surface area contributed by atoms with Crippen molar-refractivity contribution < 1.29 is 22.4 Å². The monoisotopic (exact) mass is 468 g/mol. The number of nitrogens with zero attached hydrogens (tertiary/aromatic N) is 2. The molecule has 0 aliphatic carbocycles. The van der Waals surface area contributed by atoms with Gasteiger partial charge in [0.15, 0.2) is 5.17 Å². The molecule has 2 heterocycles. The SMILES string of the molecule is C=CCN1C(=O)/C(=C/c2ccc(-c3cccc(C(F)(F)F)c3)o2)SC1=Nc1ccc(C)cc1. The molecule has 1 fully saturated rings. The summed E-state index contributed by atoms with van der Waals surface area (Å²) >= 11 is 1.20. The molecule has 33 heavy (non-hydrogen) atoms. The first kappa shape index (κ1) is 22.7. The van der Waals surface area contributed by atoms with E-state index in [2.05, 4.69) is 11.6 Å². The van der Waals surface area contributed by atoms with Crippen molar-refractivity contribution in [1.82, 2.24) is 4.90 Å². The number of alkyl halides is 3. The summed E-state index contributed by atoms with van der Waals surface area (Å²) in [6.45, 7) is 5.98. The second-order valence-corrected chi connectivity index (χ2v) is 8.33. The first-order valence-corrected chi connectivity index (χ1v) is 10.8. The molecule has 0 spiro atoms. The van der Waals surface area contributed by atoms with E-state index in [1.807, 2.05) is 31.2 Å². The van der Waals surface area contributed by atoms with Gasteiger partial charge in [-0.3, -0.25) is 9.69 Å². The van der Waals surface area contributed by atoms with Crippen molar-refractivity contribution in [3.05, 3.63) is 95.1 Å². The molecule has 1 saturated heterocycles. The third-order valence-corrected chi connectivity index (χ3v) is 5.84. The number of hydrogen-bond donors (Lipinski definition) is 0. The molecule has 4 rings (SSSR count). The Labute approximate surface area is 193 Å². The molecule has 1 aromatic heterocycles. The van der Waals surface area contributed by atoms with Crippen LogP contribution in [-0.4, -0.2) is 22.5 Å². The molecule has 0 unspecified atom stereocenters. The average molecular weight is 469 g/mol. The second kappa shape index (κ2) is 9.15. The van der Waals surface area contributed by atoms with Gasteiger partial charge in [-0.1, -0.05) is 35.9 Å². The molecule has 8 heteroatoms. The minimum absolute atomic E-state index is 0.247. The van der Waals surface area contributed by atoms with E-state index in [1.165, 1.54) is 22.7 Å². The molecule has 1 amide bonds. The quantitative estimate of drug-likeness (QED) is 0.297. The third-order valence-electron chi connectivity index (χ3n) is 4.83. The van der Waals surface area contributed by atoms with Crippen LogP contribution in [0.25, 0.3) is 17.4 Å². The Hall–Kier alpha value is -3.52. The number of aliphatic imine (C=N–C) groups is 1. The molecule has 1 aliphatic rings. The van der Waals surface area contributed by atoms with Gasteiger partial charge in [0.25, 0.3) is 5.91 Å². The summed E-state index contributed by atoms with van der Waals surface area (Å²) < 4.78 is 44.8. The Morgan fingerprint density at radius 1 is 1.12 bits per heavy atom. The van der Waals surface area contributed by atoms with Gasteiger partial charge in [-0.2, -0.15) is 13.2 Å². The van der Waals surface area contributed by atoms with Gasteiger partial charge < -0.3 is 4.42 Å². The van der Waals surface area contributed by atoms with Gasteiger partial charge in [-0.15, -0.1) is 6.58 Å². The Bertz CT molecular complexity index is 1260. The Kier molecular flexibility index (Phi) is 6.29. The molecule has 0 N–H and O–H groups in total. The summed E-state index contributed by atoms with van der Waals surface area (Å²) in [4.78, 5) is 19.4. The van der Waals surface area contributed by atoms with Crippen molar-refractivity contribution in [3.63, 3.8) is 0 Å². The van der Waals surface area contributed by atoms with Crippen LogP contribution in [0.2, 0.25) is 0 Å². The number of rotatable bonds is 5.